The molecule has 0 atom stereocenters. The highest BCUT2D eigenvalue weighted by atomic mass is 32.1. The molecule has 1 aromatic carbocycles. The van der Waals surface area contributed by atoms with Gasteiger partial charge in [0, 0.05) is 24.3 Å². The SMILES string of the molecule is N#Cc1c(N2CCOCC2)sc(C(N)=O)c1-c1cccc(N)c1. The van der Waals surface area contributed by atoms with Crippen molar-refractivity contribution in [2.75, 3.05) is 36.9 Å². The number of thiophene rings is 1. The number of primary amides is 1. The smallest absolute Gasteiger partial charge is 0.259 e. The van der Waals surface area contributed by atoms with Crippen LogP contribution in [-0.4, -0.2) is 32.2 Å². The number of nitrogen functional groups attached to an aromatic ring is 1. The van der Waals surface area contributed by atoms with Gasteiger partial charge in [0.25, 0.3) is 5.91 Å². The first kappa shape index (κ1) is 15.3. The normalized spacial score (nSPS) is 14.5. The monoisotopic (exact) mass is 328 g/mol. The number of nitrogens with zero attached hydrogens (tertiary/aromatic N) is 2. The topological polar surface area (TPSA) is 105 Å². The second-order valence-electron chi connectivity index (χ2n) is 5.19. The van der Waals surface area contributed by atoms with Crippen LogP contribution in [0.15, 0.2) is 24.3 Å². The first-order chi connectivity index (χ1) is 11.1. The molecule has 0 saturated carbocycles. The van der Waals surface area contributed by atoms with Crippen LogP contribution in [0.3, 0.4) is 0 Å². The van der Waals surface area contributed by atoms with Crippen molar-refractivity contribution in [2.24, 2.45) is 5.73 Å². The van der Waals surface area contributed by atoms with E-state index in [4.69, 9.17) is 16.2 Å². The van der Waals surface area contributed by atoms with E-state index in [2.05, 4.69) is 11.0 Å². The van der Waals surface area contributed by atoms with E-state index in [0.29, 0.717) is 48.0 Å². The fourth-order valence-corrected chi connectivity index (χ4v) is 3.83. The molecule has 2 aromatic rings. The molecule has 4 N–H and O–H groups in total. The minimum atomic E-state index is -0.538. The zero-order valence-corrected chi connectivity index (χ0v) is 13.2. The van der Waals surface area contributed by atoms with Gasteiger partial charge in [0.05, 0.1) is 18.8 Å². The molecule has 23 heavy (non-hydrogen) atoms. The summed E-state index contributed by atoms with van der Waals surface area (Å²) in [6.45, 7) is 2.57. The minimum absolute atomic E-state index is 0.383. The Labute approximate surface area is 137 Å². The number of hydrogen-bond acceptors (Lipinski definition) is 6. The van der Waals surface area contributed by atoms with Gasteiger partial charge < -0.3 is 21.1 Å². The first-order valence-electron chi connectivity index (χ1n) is 7.17. The molecule has 1 aliphatic heterocycles. The number of carbonyl (C=O) groups excluding carboxylic acids is 1. The average Bonchev–Trinajstić information content (AvgIpc) is 2.95. The predicted octanol–water partition coefficient (Wildman–Crippen LogP) is 1.80. The van der Waals surface area contributed by atoms with Crippen molar-refractivity contribution < 1.29 is 9.53 Å². The molecule has 2 heterocycles. The highest BCUT2D eigenvalue weighted by molar-refractivity contribution is 7.18. The number of amides is 1. The number of benzene rings is 1. The minimum Gasteiger partial charge on any atom is -0.399 e. The summed E-state index contributed by atoms with van der Waals surface area (Å²) in [7, 11) is 0. The zero-order chi connectivity index (χ0) is 16.4. The molecule has 0 bridgehead atoms. The third-order valence-electron chi connectivity index (χ3n) is 3.70. The Balaban J connectivity index is 2.19. The molecule has 6 nitrogen and oxygen atoms in total. The number of ether oxygens (including phenoxy) is 1. The van der Waals surface area contributed by atoms with Gasteiger partial charge in [0.2, 0.25) is 0 Å². The molecule has 3 rings (SSSR count). The van der Waals surface area contributed by atoms with Crippen LogP contribution >= 0.6 is 11.3 Å². The van der Waals surface area contributed by atoms with Gasteiger partial charge in [0.1, 0.15) is 15.9 Å². The van der Waals surface area contributed by atoms with Gasteiger partial charge in [-0.05, 0) is 17.7 Å². The maximum atomic E-state index is 11.9. The van der Waals surface area contributed by atoms with Crippen molar-refractivity contribution in [2.45, 2.75) is 0 Å². The molecule has 1 aromatic heterocycles. The number of morpholine rings is 1. The summed E-state index contributed by atoms with van der Waals surface area (Å²) in [6, 6.07) is 9.36. The van der Waals surface area contributed by atoms with Crippen LogP contribution < -0.4 is 16.4 Å². The van der Waals surface area contributed by atoms with E-state index in [0.717, 1.165) is 10.6 Å². The van der Waals surface area contributed by atoms with Gasteiger partial charge in [-0.3, -0.25) is 4.79 Å². The first-order valence-corrected chi connectivity index (χ1v) is 7.98. The van der Waals surface area contributed by atoms with E-state index in [1.54, 1.807) is 18.2 Å². The van der Waals surface area contributed by atoms with Crippen molar-refractivity contribution in [3.8, 4) is 17.2 Å². The molecule has 0 radical (unpaired) electrons. The molecule has 0 aliphatic carbocycles. The van der Waals surface area contributed by atoms with E-state index in [-0.39, 0.29) is 0 Å². The second kappa shape index (κ2) is 6.28. The fraction of sp³-hybridized carbons (Fsp3) is 0.250. The van der Waals surface area contributed by atoms with Crippen molar-refractivity contribution in [3.05, 3.63) is 34.7 Å². The van der Waals surface area contributed by atoms with Gasteiger partial charge in [-0.15, -0.1) is 11.3 Å². The Morgan fingerprint density at radius 2 is 2.09 bits per heavy atom. The maximum absolute atomic E-state index is 11.9. The van der Waals surface area contributed by atoms with E-state index >= 15 is 0 Å². The number of nitrogens with two attached hydrogens (primary N) is 2. The summed E-state index contributed by atoms with van der Waals surface area (Å²) in [5, 5.41) is 10.4. The van der Waals surface area contributed by atoms with Gasteiger partial charge in [0.15, 0.2) is 0 Å². The largest absolute Gasteiger partial charge is 0.399 e. The summed E-state index contributed by atoms with van der Waals surface area (Å²) in [6.07, 6.45) is 0. The quantitative estimate of drug-likeness (QED) is 0.836. The van der Waals surface area contributed by atoms with E-state index in [1.165, 1.54) is 11.3 Å². The van der Waals surface area contributed by atoms with Gasteiger partial charge >= 0.3 is 0 Å². The molecule has 0 spiro atoms. The molecule has 7 heteroatoms. The number of anilines is 2. The number of rotatable bonds is 3. The fourth-order valence-electron chi connectivity index (χ4n) is 2.66. The standard InChI is InChI=1S/C16H16N4O2S/c17-9-12-13(10-2-1-3-11(18)8-10)14(15(19)21)23-16(12)20-4-6-22-7-5-20/h1-3,8H,4-7,18H2,(H2,19,21). The Morgan fingerprint density at radius 3 is 2.70 bits per heavy atom. The van der Waals surface area contributed by atoms with Crippen LogP contribution in [0.4, 0.5) is 10.7 Å². The van der Waals surface area contributed by atoms with Crippen molar-refractivity contribution in [3.63, 3.8) is 0 Å². The summed E-state index contributed by atoms with van der Waals surface area (Å²) < 4.78 is 5.35. The molecule has 1 aliphatic rings. The lowest BCUT2D eigenvalue weighted by Crippen LogP contribution is -2.36. The van der Waals surface area contributed by atoms with Gasteiger partial charge in [-0.2, -0.15) is 5.26 Å². The average molecular weight is 328 g/mol. The number of hydrogen-bond donors (Lipinski definition) is 2. The van der Waals surface area contributed by atoms with Crippen molar-refractivity contribution in [1.82, 2.24) is 0 Å². The Morgan fingerprint density at radius 1 is 1.35 bits per heavy atom. The van der Waals surface area contributed by atoms with Crippen LogP contribution in [0.5, 0.6) is 0 Å². The van der Waals surface area contributed by atoms with Crippen molar-refractivity contribution >= 4 is 27.9 Å². The van der Waals surface area contributed by atoms with E-state index in [1.807, 2.05) is 6.07 Å². The van der Waals surface area contributed by atoms with Crippen LogP contribution in [0.25, 0.3) is 11.1 Å². The summed E-state index contributed by atoms with van der Waals surface area (Å²) in [5.74, 6) is -0.538. The molecular weight excluding hydrogens is 312 g/mol. The molecule has 1 amide bonds. The van der Waals surface area contributed by atoms with Crippen LogP contribution in [0.1, 0.15) is 15.2 Å². The zero-order valence-electron chi connectivity index (χ0n) is 12.4. The van der Waals surface area contributed by atoms with Gasteiger partial charge in [-0.25, -0.2) is 0 Å². The number of nitriles is 1. The Bertz CT molecular complexity index is 788. The lowest BCUT2D eigenvalue weighted by Gasteiger charge is -2.27. The third-order valence-corrected chi connectivity index (χ3v) is 4.96. The molecule has 1 saturated heterocycles. The highest BCUT2D eigenvalue weighted by Crippen LogP contribution is 2.42. The molecule has 118 valence electrons. The van der Waals surface area contributed by atoms with Crippen LogP contribution in [-0.2, 0) is 4.74 Å². The summed E-state index contributed by atoms with van der Waals surface area (Å²) in [5.41, 5.74) is 13.7. The predicted molar refractivity (Wildman–Crippen MR) is 90.4 cm³/mol. The van der Waals surface area contributed by atoms with E-state index in [9.17, 15) is 10.1 Å². The summed E-state index contributed by atoms with van der Waals surface area (Å²) in [4.78, 5) is 14.3. The van der Waals surface area contributed by atoms with Crippen LogP contribution in [0, 0.1) is 11.3 Å². The molecule has 0 unspecified atom stereocenters. The van der Waals surface area contributed by atoms with E-state index < -0.39 is 5.91 Å². The third kappa shape index (κ3) is 2.86. The Hall–Kier alpha value is -2.56. The summed E-state index contributed by atoms with van der Waals surface area (Å²) >= 11 is 1.26. The van der Waals surface area contributed by atoms with Gasteiger partial charge in [-0.1, -0.05) is 12.1 Å². The molecule has 1 fully saturated rings. The molecular formula is C16H16N4O2S. The highest BCUT2D eigenvalue weighted by Gasteiger charge is 2.26. The lowest BCUT2D eigenvalue weighted by atomic mass is 10.0. The lowest BCUT2D eigenvalue weighted by molar-refractivity contribution is 0.100. The maximum Gasteiger partial charge on any atom is 0.259 e. The number of carbonyl (C=O) groups is 1. The van der Waals surface area contributed by atoms with Crippen LogP contribution in [0.2, 0.25) is 0 Å². The van der Waals surface area contributed by atoms with Crippen molar-refractivity contribution in [1.29, 1.82) is 5.26 Å². The Kier molecular flexibility index (Phi) is 4.19. The second-order valence-corrected chi connectivity index (χ2v) is 6.19.